The molecule has 5 nitrogen and oxygen atoms in total. The summed E-state index contributed by atoms with van der Waals surface area (Å²) in [7, 11) is 0. The standard InChI is InChI=1S/C18H24N4OS2/c1-10-6-7-12-13(8-10)25-17-15(12)16(23)21-14(22-17)9-24-18(19)20-11-4-2-3-5-11/h10-11H,2-9H2,1H3,(H2,19,20)(H,21,22,23)/t10-/m1/s1. The zero-order valence-electron chi connectivity index (χ0n) is 14.5. The van der Waals surface area contributed by atoms with E-state index in [0.717, 1.165) is 42.3 Å². The van der Waals surface area contributed by atoms with E-state index in [1.165, 1.54) is 35.0 Å². The van der Waals surface area contributed by atoms with Crippen LogP contribution in [0.3, 0.4) is 0 Å². The lowest BCUT2D eigenvalue weighted by Crippen LogP contribution is -2.16. The minimum Gasteiger partial charge on any atom is -0.379 e. The second-order valence-corrected chi connectivity index (χ2v) is 9.32. The average molecular weight is 377 g/mol. The SMILES string of the molecule is C[C@@H]1CCc2c(sc3nc(CSC(N)=NC4CCCC4)[nH]c(=O)c23)C1. The molecule has 2 aromatic rings. The monoisotopic (exact) mass is 376 g/mol. The van der Waals surface area contributed by atoms with E-state index in [1.807, 2.05) is 0 Å². The number of thiophene rings is 1. The molecule has 25 heavy (non-hydrogen) atoms. The van der Waals surface area contributed by atoms with Gasteiger partial charge < -0.3 is 10.7 Å². The number of nitrogens with one attached hydrogen (secondary N) is 1. The van der Waals surface area contributed by atoms with E-state index < -0.39 is 0 Å². The highest BCUT2D eigenvalue weighted by molar-refractivity contribution is 8.13. The predicted octanol–water partition coefficient (Wildman–Crippen LogP) is 3.60. The molecule has 1 saturated carbocycles. The Morgan fingerprint density at radius 2 is 2.20 bits per heavy atom. The summed E-state index contributed by atoms with van der Waals surface area (Å²) in [5.41, 5.74) is 7.27. The average Bonchev–Trinajstić information content (AvgIpc) is 3.19. The molecule has 3 N–H and O–H groups in total. The lowest BCUT2D eigenvalue weighted by molar-refractivity contribution is 0.509. The van der Waals surface area contributed by atoms with Crippen molar-refractivity contribution in [2.45, 2.75) is 63.7 Å². The second-order valence-electron chi connectivity index (χ2n) is 7.24. The molecular formula is C18H24N4OS2. The first-order valence-corrected chi connectivity index (χ1v) is 10.9. The van der Waals surface area contributed by atoms with Crippen molar-refractivity contribution in [3.63, 3.8) is 0 Å². The van der Waals surface area contributed by atoms with Crippen molar-refractivity contribution in [3.8, 4) is 0 Å². The summed E-state index contributed by atoms with van der Waals surface area (Å²) < 4.78 is 0. The number of amidine groups is 1. The Hall–Kier alpha value is -1.34. The number of nitrogens with two attached hydrogens (primary N) is 1. The van der Waals surface area contributed by atoms with Crippen LogP contribution in [0.4, 0.5) is 0 Å². The number of fused-ring (bicyclic) bond motifs is 3. The van der Waals surface area contributed by atoms with Crippen LogP contribution in [0.15, 0.2) is 9.79 Å². The molecule has 0 radical (unpaired) electrons. The first-order chi connectivity index (χ1) is 12.1. The summed E-state index contributed by atoms with van der Waals surface area (Å²) in [5, 5.41) is 1.42. The van der Waals surface area contributed by atoms with Gasteiger partial charge in [-0.25, -0.2) is 4.98 Å². The normalized spacial score (nSPS) is 21.8. The maximum absolute atomic E-state index is 12.6. The van der Waals surface area contributed by atoms with Gasteiger partial charge in [-0.05, 0) is 43.6 Å². The number of hydrogen-bond donors (Lipinski definition) is 2. The van der Waals surface area contributed by atoms with Gasteiger partial charge in [0, 0.05) is 4.88 Å². The van der Waals surface area contributed by atoms with Crippen molar-refractivity contribution in [2.24, 2.45) is 16.6 Å². The molecule has 134 valence electrons. The van der Waals surface area contributed by atoms with Gasteiger partial charge in [0.2, 0.25) is 0 Å². The van der Waals surface area contributed by atoms with Crippen LogP contribution in [0.1, 0.15) is 55.3 Å². The van der Waals surface area contributed by atoms with Crippen LogP contribution in [0, 0.1) is 5.92 Å². The van der Waals surface area contributed by atoms with Gasteiger partial charge in [0.05, 0.1) is 17.2 Å². The fourth-order valence-electron chi connectivity index (χ4n) is 3.85. The molecule has 0 amide bonds. The van der Waals surface area contributed by atoms with Gasteiger partial charge >= 0.3 is 0 Å². The second kappa shape index (κ2) is 7.11. The molecule has 0 unspecified atom stereocenters. The van der Waals surface area contributed by atoms with Gasteiger partial charge in [-0.15, -0.1) is 11.3 Å². The molecule has 1 atom stereocenters. The lowest BCUT2D eigenvalue weighted by Gasteiger charge is -2.17. The summed E-state index contributed by atoms with van der Waals surface area (Å²) in [6.07, 6.45) is 8.00. The number of aromatic nitrogens is 2. The van der Waals surface area contributed by atoms with Crippen molar-refractivity contribution in [3.05, 3.63) is 26.6 Å². The third kappa shape index (κ3) is 3.62. The summed E-state index contributed by atoms with van der Waals surface area (Å²) >= 11 is 3.16. The van der Waals surface area contributed by atoms with E-state index in [9.17, 15) is 4.79 Å². The van der Waals surface area contributed by atoms with Crippen LogP contribution in [-0.2, 0) is 18.6 Å². The molecule has 2 aliphatic rings. The van der Waals surface area contributed by atoms with Gasteiger partial charge in [0.1, 0.15) is 10.7 Å². The van der Waals surface area contributed by atoms with E-state index in [0.29, 0.717) is 28.7 Å². The third-order valence-corrected chi connectivity index (χ3v) is 7.17. The lowest BCUT2D eigenvalue weighted by atomic mass is 9.89. The minimum atomic E-state index is -0.000967. The van der Waals surface area contributed by atoms with E-state index in [2.05, 4.69) is 16.9 Å². The summed E-state index contributed by atoms with van der Waals surface area (Å²) in [6, 6.07) is 0.382. The van der Waals surface area contributed by atoms with Crippen LogP contribution in [0.25, 0.3) is 10.2 Å². The maximum atomic E-state index is 12.6. The highest BCUT2D eigenvalue weighted by Crippen LogP contribution is 2.35. The number of aromatic amines is 1. The van der Waals surface area contributed by atoms with Gasteiger partial charge in [0.25, 0.3) is 5.56 Å². The van der Waals surface area contributed by atoms with Crippen molar-refractivity contribution < 1.29 is 0 Å². The largest absolute Gasteiger partial charge is 0.379 e. The van der Waals surface area contributed by atoms with Crippen LogP contribution >= 0.6 is 23.1 Å². The van der Waals surface area contributed by atoms with E-state index in [4.69, 9.17) is 10.7 Å². The fourth-order valence-corrected chi connectivity index (χ4v) is 5.90. The fraction of sp³-hybridized carbons (Fsp3) is 0.611. The molecule has 2 heterocycles. The Morgan fingerprint density at radius 3 is 3.00 bits per heavy atom. The number of H-pyrrole nitrogens is 1. The molecule has 0 aliphatic heterocycles. The number of rotatable bonds is 3. The quantitative estimate of drug-likeness (QED) is 0.633. The van der Waals surface area contributed by atoms with Crippen LogP contribution < -0.4 is 11.3 Å². The molecule has 4 rings (SSSR count). The third-order valence-electron chi connectivity index (χ3n) is 5.21. The van der Waals surface area contributed by atoms with Gasteiger partial charge in [-0.2, -0.15) is 0 Å². The Bertz CT molecular complexity index is 864. The zero-order chi connectivity index (χ0) is 17.4. The number of aliphatic imine (C=N–C) groups is 1. The number of nitrogens with zero attached hydrogens (tertiary/aromatic N) is 2. The highest BCUT2D eigenvalue weighted by Gasteiger charge is 2.23. The Kier molecular flexibility index (Phi) is 4.86. The first kappa shape index (κ1) is 17.1. The zero-order valence-corrected chi connectivity index (χ0v) is 16.1. The van der Waals surface area contributed by atoms with Gasteiger partial charge in [-0.1, -0.05) is 31.5 Å². The molecule has 0 aromatic carbocycles. The number of thioether (sulfide) groups is 1. The maximum Gasteiger partial charge on any atom is 0.259 e. The summed E-state index contributed by atoms with van der Waals surface area (Å²) in [5.74, 6) is 1.95. The van der Waals surface area contributed by atoms with Crippen molar-refractivity contribution in [1.82, 2.24) is 9.97 Å². The molecular weight excluding hydrogens is 352 g/mol. The Labute approximate surface area is 155 Å². The van der Waals surface area contributed by atoms with E-state index >= 15 is 0 Å². The van der Waals surface area contributed by atoms with Crippen molar-refractivity contribution in [2.75, 3.05) is 0 Å². The van der Waals surface area contributed by atoms with Crippen LogP contribution in [-0.4, -0.2) is 21.2 Å². The first-order valence-electron chi connectivity index (χ1n) is 9.09. The molecule has 0 saturated heterocycles. The smallest absolute Gasteiger partial charge is 0.259 e. The minimum absolute atomic E-state index is 0.000967. The predicted molar refractivity (Wildman–Crippen MR) is 107 cm³/mol. The van der Waals surface area contributed by atoms with Gasteiger partial charge in [0.15, 0.2) is 5.17 Å². The van der Waals surface area contributed by atoms with Crippen LogP contribution in [0.2, 0.25) is 0 Å². The van der Waals surface area contributed by atoms with Crippen molar-refractivity contribution >= 4 is 38.5 Å². The molecule has 7 heteroatoms. The van der Waals surface area contributed by atoms with Gasteiger partial charge in [-0.3, -0.25) is 9.79 Å². The van der Waals surface area contributed by atoms with Crippen LogP contribution in [0.5, 0.6) is 0 Å². The molecule has 2 aromatic heterocycles. The summed E-state index contributed by atoms with van der Waals surface area (Å²) in [6.45, 7) is 2.28. The topological polar surface area (TPSA) is 84.1 Å². The molecule has 0 bridgehead atoms. The number of hydrogen-bond acceptors (Lipinski definition) is 5. The number of aryl methyl sites for hydroxylation is 1. The highest BCUT2D eigenvalue weighted by atomic mass is 32.2. The Morgan fingerprint density at radius 1 is 1.40 bits per heavy atom. The van der Waals surface area contributed by atoms with E-state index in [-0.39, 0.29) is 5.56 Å². The van der Waals surface area contributed by atoms with Crippen molar-refractivity contribution in [1.29, 1.82) is 0 Å². The molecule has 2 aliphatic carbocycles. The molecule has 0 spiro atoms. The van der Waals surface area contributed by atoms with E-state index in [1.54, 1.807) is 11.3 Å². The molecule has 1 fully saturated rings. The Balaban J connectivity index is 1.54. The summed E-state index contributed by atoms with van der Waals surface area (Å²) in [4.78, 5) is 27.0.